The molecule has 24 heavy (non-hydrogen) atoms. The van der Waals surface area contributed by atoms with Gasteiger partial charge in [-0.15, -0.1) is 10.2 Å². The predicted octanol–water partition coefficient (Wildman–Crippen LogP) is 2.07. The first-order valence-electron chi connectivity index (χ1n) is 7.70. The van der Waals surface area contributed by atoms with Gasteiger partial charge in [0.25, 0.3) is 0 Å². The lowest BCUT2D eigenvalue weighted by Crippen LogP contribution is -2.28. The van der Waals surface area contributed by atoms with Crippen LogP contribution in [0.3, 0.4) is 0 Å². The van der Waals surface area contributed by atoms with E-state index in [1.165, 1.54) is 23.5 Å². The van der Waals surface area contributed by atoms with Gasteiger partial charge in [0, 0.05) is 25.9 Å². The highest BCUT2D eigenvalue weighted by molar-refractivity contribution is 7.15. The second-order valence-corrected chi connectivity index (χ2v) is 6.69. The summed E-state index contributed by atoms with van der Waals surface area (Å²) in [6.07, 6.45) is 0.764. The van der Waals surface area contributed by atoms with Crippen LogP contribution in [0.5, 0.6) is 0 Å². The molecular weight excluding hydrogens is 331 g/mol. The molecular formula is C16H17FN4O2S. The molecule has 8 heteroatoms. The third kappa shape index (κ3) is 3.76. The molecule has 6 nitrogen and oxygen atoms in total. The lowest BCUT2D eigenvalue weighted by molar-refractivity contribution is -0.128. The quantitative estimate of drug-likeness (QED) is 0.898. The molecule has 126 valence electrons. The summed E-state index contributed by atoms with van der Waals surface area (Å²) in [4.78, 5) is 25.6. The molecule has 1 aliphatic rings. The van der Waals surface area contributed by atoms with Crippen molar-refractivity contribution in [3.8, 4) is 0 Å². The summed E-state index contributed by atoms with van der Waals surface area (Å²) in [6, 6.07) is 6.18. The van der Waals surface area contributed by atoms with Gasteiger partial charge in [-0.25, -0.2) is 4.39 Å². The molecule has 1 N–H and O–H groups in total. The standard InChI is InChI=1S/C16H17FN4O2S/c1-2-21-9-11(8-14(21)22)15(23)18-16-20-19-13(24-16)7-10-3-5-12(17)6-4-10/h3-6,11H,2,7-9H2,1H3,(H,18,20,23)/t11-/m1/s1. The van der Waals surface area contributed by atoms with E-state index in [0.717, 1.165) is 10.6 Å². The zero-order valence-electron chi connectivity index (χ0n) is 13.2. The summed E-state index contributed by atoms with van der Waals surface area (Å²) in [5.41, 5.74) is 0.922. The van der Waals surface area contributed by atoms with E-state index in [4.69, 9.17) is 0 Å². The van der Waals surface area contributed by atoms with Crippen molar-refractivity contribution in [1.82, 2.24) is 15.1 Å². The highest BCUT2D eigenvalue weighted by Gasteiger charge is 2.33. The number of benzene rings is 1. The summed E-state index contributed by atoms with van der Waals surface area (Å²) in [6.45, 7) is 2.95. The summed E-state index contributed by atoms with van der Waals surface area (Å²) in [5.74, 6) is -0.825. The van der Waals surface area contributed by atoms with E-state index < -0.39 is 0 Å². The third-order valence-electron chi connectivity index (χ3n) is 3.93. The molecule has 2 amide bonds. The number of nitrogens with one attached hydrogen (secondary N) is 1. The number of likely N-dealkylation sites (tertiary alicyclic amines) is 1. The van der Waals surface area contributed by atoms with Crippen LogP contribution in [-0.4, -0.2) is 40.0 Å². The van der Waals surface area contributed by atoms with Crippen LogP contribution in [0.15, 0.2) is 24.3 Å². The number of halogens is 1. The van der Waals surface area contributed by atoms with Crippen molar-refractivity contribution in [3.05, 3.63) is 40.7 Å². The summed E-state index contributed by atoms with van der Waals surface area (Å²) in [7, 11) is 0. The van der Waals surface area contributed by atoms with Crippen molar-refractivity contribution in [2.45, 2.75) is 19.8 Å². The highest BCUT2D eigenvalue weighted by atomic mass is 32.1. The molecule has 0 bridgehead atoms. The number of hydrogen-bond acceptors (Lipinski definition) is 5. The molecule has 1 aromatic carbocycles. The van der Waals surface area contributed by atoms with E-state index in [0.29, 0.717) is 24.6 Å². The van der Waals surface area contributed by atoms with E-state index in [9.17, 15) is 14.0 Å². The molecule has 0 spiro atoms. The molecule has 2 aromatic rings. The number of rotatable bonds is 5. The minimum atomic E-state index is -0.345. The van der Waals surface area contributed by atoms with Gasteiger partial charge >= 0.3 is 0 Å². The number of aromatic nitrogens is 2. The average Bonchev–Trinajstić information content (AvgIpc) is 3.16. The minimum Gasteiger partial charge on any atom is -0.342 e. The maximum absolute atomic E-state index is 12.9. The topological polar surface area (TPSA) is 75.2 Å². The van der Waals surface area contributed by atoms with Crippen molar-refractivity contribution in [2.24, 2.45) is 5.92 Å². The van der Waals surface area contributed by atoms with Crippen LogP contribution in [0.1, 0.15) is 23.9 Å². The van der Waals surface area contributed by atoms with Crippen LogP contribution in [-0.2, 0) is 16.0 Å². The number of carbonyl (C=O) groups is 2. The minimum absolute atomic E-state index is 0.00640. The van der Waals surface area contributed by atoms with Gasteiger partial charge in [-0.05, 0) is 24.6 Å². The van der Waals surface area contributed by atoms with Crippen molar-refractivity contribution in [1.29, 1.82) is 0 Å². The van der Waals surface area contributed by atoms with Gasteiger partial charge in [-0.2, -0.15) is 0 Å². The van der Waals surface area contributed by atoms with E-state index >= 15 is 0 Å². The van der Waals surface area contributed by atoms with Gasteiger partial charge in [0.15, 0.2) is 0 Å². The van der Waals surface area contributed by atoms with Crippen LogP contribution in [0.4, 0.5) is 9.52 Å². The van der Waals surface area contributed by atoms with Gasteiger partial charge in [-0.3, -0.25) is 9.59 Å². The Hall–Kier alpha value is -2.35. The zero-order valence-corrected chi connectivity index (χ0v) is 14.0. The lowest BCUT2D eigenvalue weighted by Gasteiger charge is -2.12. The molecule has 1 aliphatic heterocycles. The fourth-order valence-electron chi connectivity index (χ4n) is 2.61. The molecule has 0 unspecified atom stereocenters. The summed E-state index contributed by atoms with van der Waals surface area (Å²) in [5, 5.41) is 11.9. The Balaban J connectivity index is 1.59. The third-order valence-corrected chi connectivity index (χ3v) is 4.77. The second-order valence-electron chi connectivity index (χ2n) is 5.63. The SMILES string of the molecule is CCN1C[C@H](C(=O)Nc2nnc(Cc3ccc(F)cc3)s2)CC1=O. The van der Waals surface area contributed by atoms with Crippen molar-refractivity contribution in [3.63, 3.8) is 0 Å². The van der Waals surface area contributed by atoms with Crippen LogP contribution >= 0.6 is 11.3 Å². The fraction of sp³-hybridized carbons (Fsp3) is 0.375. The molecule has 0 aliphatic carbocycles. The van der Waals surface area contributed by atoms with E-state index in [1.54, 1.807) is 17.0 Å². The Morgan fingerprint density at radius 2 is 2.12 bits per heavy atom. The molecule has 0 saturated carbocycles. The predicted molar refractivity (Wildman–Crippen MR) is 88.1 cm³/mol. The van der Waals surface area contributed by atoms with Crippen LogP contribution in [0.2, 0.25) is 0 Å². The smallest absolute Gasteiger partial charge is 0.231 e. The van der Waals surface area contributed by atoms with Crippen LogP contribution in [0.25, 0.3) is 0 Å². The van der Waals surface area contributed by atoms with Gasteiger partial charge in [0.05, 0.1) is 5.92 Å². The van der Waals surface area contributed by atoms with Gasteiger partial charge in [0.1, 0.15) is 10.8 Å². The number of nitrogens with zero attached hydrogens (tertiary/aromatic N) is 3. The fourth-order valence-corrected chi connectivity index (χ4v) is 3.39. The van der Waals surface area contributed by atoms with Crippen LogP contribution in [0, 0.1) is 11.7 Å². The highest BCUT2D eigenvalue weighted by Crippen LogP contribution is 2.22. The molecule has 1 fully saturated rings. The van der Waals surface area contributed by atoms with Gasteiger partial charge < -0.3 is 10.2 Å². The number of carbonyl (C=O) groups excluding carboxylic acids is 2. The Labute approximate surface area is 142 Å². The van der Waals surface area contributed by atoms with E-state index in [2.05, 4.69) is 15.5 Å². The largest absolute Gasteiger partial charge is 0.342 e. The first kappa shape index (κ1) is 16.5. The first-order valence-corrected chi connectivity index (χ1v) is 8.52. The molecule has 2 heterocycles. The molecule has 1 aromatic heterocycles. The molecule has 3 rings (SSSR count). The molecule has 1 atom stereocenters. The Morgan fingerprint density at radius 3 is 2.79 bits per heavy atom. The average molecular weight is 348 g/mol. The number of hydrogen-bond donors (Lipinski definition) is 1. The van der Waals surface area contributed by atoms with Crippen molar-refractivity contribution < 1.29 is 14.0 Å². The van der Waals surface area contributed by atoms with Crippen molar-refractivity contribution in [2.75, 3.05) is 18.4 Å². The number of amides is 2. The summed E-state index contributed by atoms with van der Waals surface area (Å²) < 4.78 is 12.9. The maximum Gasteiger partial charge on any atom is 0.231 e. The summed E-state index contributed by atoms with van der Waals surface area (Å²) >= 11 is 1.28. The lowest BCUT2D eigenvalue weighted by atomic mass is 10.1. The van der Waals surface area contributed by atoms with Crippen molar-refractivity contribution >= 4 is 28.3 Å². The van der Waals surface area contributed by atoms with Gasteiger partial charge in [-0.1, -0.05) is 23.5 Å². The molecule has 1 saturated heterocycles. The normalized spacial score (nSPS) is 17.3. The Kier molecular flexibility index (Phi) is 4.84. The monoisotopic (exact) mass is 348 g/mol. The second kappa shape index (κ2) is 7.04. The molecule has 0 radical (unpaired) electrons. The van der Waals surface area contributed by atoms with E-state index in [-0.39, 0.29) is 30.0 Å². The Bertz CT molecular complexity index is 747. The van der Waals surface area contributed by atoms with Gasteiger partial charge in [0.2, 0.25) is 16.9 Å². The van der Waals surface area contributed by atoms with Crippen LogP contribution < -0.4 is 5.32 Å². The number of anilines is 1. The zero-order chi connectivity index (χ0) is 17.1. The Morgan fingerprint density at radius 1 is 1.38 bits per heavy atom. The van der Waals surface area contributed by atoms with E-state index in [1.807, 2.05) is 6.92 Å². The first-order chi connectivity index (χ1) is 11.5. The maximum atomic E-state index is 12.9.